The molecule has 0 atom stereocenters. The summed E-state index contributed by atoms with van der Waals surface area (Å²) in [5.74, 6) is 1.27. The predicted molar refractivity (Wildman–Crippen MR) is 65.5 cm³/mol. The van der Waals surface area contributed by atoms with Crippen LogP contribution in [0.1, 0.15) is 5.56 Å². The van der Waals surface area contributed by atoms with Gasteiger partial charge in [-0.25, -0.2) is 4.98 Å². The zero-order valence-corrected chi connectivity index (χ0v) is 10.1. The highest BCUT2D eigenvalue weighted by atomic mass is 35.5. The molecule has 2 rings (SSSR count). The Bertz CT molecular complexity index is 514. The number of aromatic nitrogens is 1. The minimum absolute atomic E-state index is 0.396. The molecule has 0 aliphatic rings. The topological polar surface area (TPSA) is 22.1 Å². The highest BCUT2D eigenvalue weighted by Gasteiger charge is 2.05. The Balaban J connectivity index is 2.34. The normalized spacial score (nSPS) is 10.2. The summed E-state index contributed by atoms with van der Waals surface area (Å²) >= 11 is 11.8. The van der Waals surface area contributed by atoms with Crippen molar-refractivity contribution in [2.45, 2.75) is 6.92 Å². The number of hydrogen-bond acceptors (Lipinski definition) is 2. The van der Waals surface area contributed by atoms with E-state index in [4.69, 9.17) is 27.9 Å². The number of ether oxygens (including phenoxy) is 1. The number of hydrogen-bond donors (Lipinski definition) is 0. The zero-order valence-electron chi connectivity index (χ0n) is 8.58. The Labute approximate surface area is 104 Å². The van der Waals surface area contributed by atoms with Gasteiger partial charge in [-0.3, -0.25) is 0 Å². The SMILES string of the molecule is Cc1cnc(Cl)cc1Oc1ccccc1Cl. The van der Waals surface area contributed by atoms with Gasteiger partial charge in [0, 0.05) is 17.8 Å². The Kier molecular flexibility index (Phi) is 3.32. The van der Waals surface area contributed by atoms with E-state index in [0.717, 1.165) is 5.56 Å². The Morgan fingerprint density at radius 1 is 1.12 bits per heavy atom. The van der Waals surface area contributed by atoms with E-state index in [1.807, 2.05) is 19.1 Å². The van der Waals surface area contributed by atoms with Crippen molar-refractivity contribution in [2.24, 2.45) is 0 Å². The van der Waals surface area contributed by atoms with Crippen molar-refractivity contribution in [3.8, 4) is 11.5 Å². The largest absolute Gasteiger partial charge is 0.455 e. The molecule has 82 valence electrons. The summed E-state index contributed by atoms with van der Waals surface area (Å²) in [4.78, 5) is 3.96. The van der Waals surface area contributed by atoms with Crippen LogP contribution in [0.3, 0.4) is 0 Å². The van der Waals surface area contributed by atoms with E-state index in [1.54, 1.807) is 24.4 Å². The van der Waals surface area contributed by atoms with Crippen molar-refractivity contribution in [2.75, 3.05) is 0 Å². The van der Waals surface area contributed by atoms with Crippen LogP contribution in [0, 0.1) is 6.92 Å². The maximum atomic E-state index is 5.99. The summed E-state index contributed by atoms with van der Waals surface area (Å²) in [7, 11) is 0. The first-order valence-electron chi connectivity index (χ1n) is 4.71. The highest BCUT2D eigenvalue weighted by molar-refractivity contribution is 6.32. The molecular formula is C12H9Cl2NO. The van der Waals surface area contributed by atoms with Gasteiger partial charge in [-0.15, -0.1) is 0 Å². The van der Waals surface area contributed by atoms with Crippen molar-refractivity contribution in [1.29, 1.82) is 0 Å². The maximum absolute atomic E-state index is 5.99. The van der Waals surface area contributed by atoms with Crippen LogP contribution in [0.15, 0.2) is 36.5 Å². The monoisotopic (exact) mass is 253 g/mol. The van der Waals surface area contributed by atoms with E-state index in [9.17, 15) is 0 Å². The van der Waals surface area contributed by atoms with Crippen LogP contribution in [-0.4, -0.2) is 4.98 Å². The molecule has 1 aromatic carbocycles. The number of halogens is 2. The second kappa shape index (κ2) is 4.73. The summed E-state index contributed by atoms with van der Waals surface area (Å²) in [5, 5.41) is 0.961. The molecule has 0 aliphatic heterocycles. The lowest BCUT2D eigenvalue weighted by molar-refractivity contribution is 0.478. The van der Waals surface area contributed by atoms with Crippen molar-refractivity contribution in [3.05, 3.63) is 52.3 Å². The number of benzene rings is 1. The second-order valence-corrected chi connectivity index (χ2v) is 4.10. The molecule has 1 aromatic heterocycles. The zero-order chi connectivity index (χ0) is 11.5. The molecule has 1 heterocycles. The lowest BCUT2D eigenvalue weighted by atomic mass is 10.3. The Morgan fingerprint density at radius 2 is 1.88 bits per heavy atom. The van der Waals surface area contributed by atoms with Crippen molar-refractivity contribution in [1.82, 2.24) is 4.98 Å². The first-order valence-corrected chi connectivity index (χ1v) is 5.47. The van der Waals surface area contributed by atoms with Gasteiger partial charge in [0.2, 0.25) is 0 Å². The lowest BCUT2D eigenvalue weighted by Gasteiger charge is -2.09. The molecule has 0 aliphatic carbocycles. The van der Waals surface area contributed by atoms with Gasteiger partial charge >= 0.3 is 0 Å². The molecule has 0 N–H and O–H groups in total. The fraction of sp³-hybridized carbons (Fsp3) is 0.0833. The summed E-state index contributed by atoms with van der Waals surface area (Å²) < 4.78 is 5.66. The van der Waals surface area contributed by atoms with Crippen LogP contribution in [0.25, 0.3) is 0 Å². The number of aryl methyl sites for hydroxylation is 1. The fourth-order valence-corrected chi connectivity index (χ4v) is 1.56. The molecule has 0 saturated heterocycles. The molecule has 0 bridgehead atoms. The van der Waals surface area contributed by atoms with E-state index >= 15 is 0 Å². The van der Waals surface area contributed by atoms with Crippen molar-refractivity contribution >= 4 is 23.2 Å². The number of pyridine rings is 1. The van der Waals surface area contributed by atoms with Gasteiger partial charge in [0.25, 0.3) is 0 Å². The number of para-hydroxylation sites is 1. The van der Waals surface area contributed by atoms with E-state index in [0.29, 0.717) is 21.7 Å². The van der Waals surface area contributed by atoms with Gasteiger partial charge < -0.3 is 4.74 Å². The number of rotatable bonds is 2. The third-order valence-corrected chi connectivity index (χ3v) is 2.60. The van der Waals surface area contributed by atoms with E-state index in [1.165, 1.54) is 0 Å². The van der Waals surface area contributed by atoms with Gasteiger partial charge in [-0.1, -0.05) is 35.3 Å². The average molecular weight is 254 g/mol. The van der Waals surface area contributed by atoms with Crippen LogP contribution in [0.4, 0.5) is 0 Å². The van der Waals surface area contributed by atoms with Gasteiger partial charge in [0.1, 0.15) is 16.7 Å². The summed E-state index contributed by atoms with van der Waals surface area (Å²) in [6.45, 7) is 1.90. The molecule has 2 nitrogen and oxygen atoms in total. The van der Waals surface area contributed by atoms with Crippen LogP contribution in [0.2, 0.25) is 10.2 Å². The summed E-state index contributed by atoms with van der Waals surface area (Å²) in [5.41, 5.74) is 0.907. The average Bonchev–Trinajstić information content (AvgIpc) is 2.27. The molecule has 0 spiro atoms. The standard InChI is InChI=1S/C12H9Cl2NO/c1-8-7-15-12(14)6-11(8)16-10-5-3-2-4-9(10)13/h2-7H,1H3. The Morgan fingerprint density at radius 3 is 2.62 bits per heavy atom. The van der Waals surface area contributed by atoms with E-state index < -0.39 is 0 Å². The molecule has 0 radical (unpaired) electrons. The van der Waals surface area contributed by atoms with Crippen LogP contribution in [0.5, 0.6) is 11.5 Å². The molecule has 16 heavy (non-hydrogen) atoms. The van der Waals surface area contributed by atoms with Crippen LogP contribution < -0.4 is 4.74 Å². The molecule has 4 heteroatoms. The smallest absolute Gasteiger partial charge is 0.146 e. The predicted octanol–water partition coefficient (Wildman–Crippen LogP) is 4.49. The van der Waals surface area contributed by atoms with Gasteiger partial charge in [-0.2, -0.15) is 0 Å². The molecule has 0 amide bonds. The van der Waals surface area contributed by atoms with Crippen molar-refractivity contribution < 1.29 is 4.74 Å². The fourth-order valence-electron chi connectivity index (χ4n) is 1.24. The first-order chi connectivity index (χ1) is 7.66. The second-order valence-electron chi connectivity index (χ2n) is 3.31. The third kappa shape index (κ3) is 2.46. The van der Waals surface area contributed by atoms with E-state index in [2.05, 4.69) is 4.98 Å². The number of nitrogens with zero attached hydrogens (tertiary/aromatic N) is 1. The summed E-state index contributed by atoms with van der Waals surface area (Å²) in [6, 6.07) is 8.95. The molecule has 0 unspecified atom stereocenters. The van der Waals surface area contributed by atoms with Crippen LogP contribution in [-0.2, 0) is 0 Å². The first kappa shape index (κ1) is 11.2. The lowest BCUT2D eigenvalue weighted by Crippen LogP contribution is -1.89. The molecule has 0 saturated carbocycles. The van der Waals surface area contributed by atoms with E-state index in [-0.39, 0.29) is 0 Å². The quantitative estimate of drug-likeness (QED) is 0.736. The third-order valence-electron chi connectivity index (χ3n) is 2.08. The van der Waals surface area contributed by atoms with Crippen LogP contribution >= 0.6 is 23.2 Å². The van der Waals surface area contributed by atoms with Gasteiger partial charge in [0.05, 0.1) is 5.02 Å². The minimum atomic E-state index is 0.396. The van der Waals surface area contributed by atoms with Gasteiger partial charge in [-0.05, 0) is 19.1 Å². The molecule has 2 aromatic rings. The molecule has 0 fully saturated rings. The summed E-state index contributed by atoms with van der Waals surface area (Å²) in [6.07, 6.45) is 1.66. The molecular weight excluding hydrogens is 245 g/mol. The highest BCUT2D eigenvalue weighted by Crippen LogP contribution is 2.31. The minimum Gasteiger partial charge on any atom is -0.455 e. The van der Waals surface area contributed by atoms with Gasteiger partial charge in [0.15, 0.2) is 0 Å². The Hall–Kier alpha value is -1.25. The maximum Gasteiger partial charge on any atom is 0.146 e. The van der Waals surface area contributed by atoms with Crippen molar-refractivity contribution in [3.63, 3.8) is 0 Å².